The van der Waals surface area contributed by atoms with Crippen LogP contribution in [0, 0.1) is 0 Å². The largest absolute Gasteiger partial charge is 0.397 e. The zero-order chi connectivity index (χ0) is 12.2. The van der Waals surface area contributed by atoms with Crippen molar-refractivity contribution in [3.63, 3.8) is 0 Å². The van der Waals surface area contributed by atoms with Crippen molar-refractivity contribution in [3.05, 3.63) is 28.5 Å². The molecule has 1 heterocycles. The lowest BCUT2D eigenvalue weighted by Gasteiger charge is -2.07. The van der Waals surface area contributed by atoms with Gasteiger partial charge in [0.05, 0.1) is 12.2 Å². The Bertz CT molecular complexity index is 364. The number of hydrogen-bond acceptors (Lipinski definition) is 2. The van der Waals surface area contributed by atoms with Crippen LogP contribution in [0.2, 0.25) is 0 Å². The van der Waals surface area contributed by atoms with Gasteiger partial charge in [0.1, 0.15) is 6.42 Å². The first-order valence-corrected chi connectivity index (χ1v) is 5.10. The number of alkyl halides is 3. The molecule has 88 valence electrons. The first-order valence-electron chi connectivity index (χ1n) is 4.31. The van der Waals surface area contributed by atoms with Gasteiger partial charge < -0.3 is 5.32 Å². The Kier molecular flexibility index (Phi) is 4.28. The van der Waals surface area contributed by atoms with E-state index in [1.165, 1.54) is 6.20 Å². The van der Waals surface area contributed by atoms with Gasteiger partial charge >= 0.3 is 6.18 Å². The highest BCUT2D eigenvalue weighted by atomic mass is 79.9. The van der Waals surface area contributed by atoms with Crippen LogP contribution in [0.4, 0.5) is 13.2 Å². The summed E-state index contributed by atoms with van der Waals surface area (Å²) in [6.45, 7) is -0.0117. The maximum atomic E-state index is 11.8. The number of nitrogens with one attached hydrogen (secondary N) is 1. The van der Waals surface area contributed by atoms with Gasteiger partial charge in [-0.3, -0.25) is 9.78 Å². The summed E-state index contributed by atoms with van der Waals surface area (Å²) in [6.07, 6.45) is -4.44. The maximum Gasteiger partial charge on any atom is 0.397 e. The van der Waals surface area contributed by atoms with Gasteiger partial charge in [-0.1, -0.05) is 0 Å². The summed E-state index contributed by atoms with van der Waals surface area (Å²) in [6, 6.07) is 3.30. The summed E-state index contributed by atoms with van der Waals surface area (Å²) < 4.78 is 36.2. The SMILES string of the molecule is O=C(CC(F)(F)F)NCc1ccc(Br)cn1. The summed E-state index contributed by atoms with van der Waals surface area (Å²) in [7, 11) is 0. The van der Waals surface area contributed by atoms with Crippen LogP contribution in [-0.4, -0.2) is 17.1 Å². The van der Waals surface area contributed by atoms with E-state index in [0.29, 0.717) is 5.69 Å². The van der Waals surface area contributed by atoms with Crippen molar-refractivity contribution in [3.8, 4) is 0 Å². The number of carbonyl (C=O) groups is 1. The fourth-order valence-electron chi connectivity index (χ4n) is 0.945. The molecule has 0 radical (unpaired) electrons. The molecule has 0 spiro atoms. The second-order valence-corrected chi connectivity index (χ2v) is 3.95. The Morgan fingerprint density at radius 3 is 2.62 bits per heavy atom. The van der Waals surface area contributed by atoms with Crippen molar-refractivity contribution < 1.29 is 18.0 Å². The van der Waals surface area contributed by atoms with E-state index in [4.69, 9.17) is 0 Å². The minimum absolute atomic E-state index is 0.0117. The van der Waals surface area contributed by atoms with E-state index in [-0.39, 0.29) is 6.54 Å². The summed E-state index contributed by atoms with van der Waals surface area (Å²) >= 11 is 3.17. The number of hydrogen-bond donors (Lipinski definition) is 1. The first-order chi connectivity index (χ1) is 7.37. The minimum atomic E-state index is -4.47. The molecule has 1 aromatic rings. The number of nitrogens with zero attached hydrogens (tertiary/aromatic N) is 1. The third kappa shape index (κ3) is 5.11. The molecule has 1 aromatic heterocycles. The lowest BCUT2D eigenvalue weighted by atomic mass is 10.3. The number of halogens is 4. The zero-order valence-electron chi connectivity index (χ0n) is 8.01. The van der Waals surface area contributed by atoms with Gasteiger partial charge in [0.2, 0.25) is 5.91 Å². The fraction of sp³-hybridized carbons (Fsp3) is 0.333. The number of carbonyl (C=O) groups excluding carboxylic acids is 1. The van der Waals surface area contributed by atoms with Gasteiger partial charge in [-0.15, -0.1) is 0 Å². The molecule has 0 aliphatic heterocycles. The third-order valence-electron chi connectivity index (χ3n) is 1.62. The van der Waals surface area contributed by atoms with Gasteiger partial charge in [0.15, 0.2) is 0 Å². The van der Waals surface area contributed by atoms with E-state index in [1.54, 1.807) is 12.1 Å². The van der Waals surface area contributed by atoms with Crippen LogP contribution in [0.1, 0.15) is 12.1 Å². The highest BCUT2D eigenvalue weighted by Crippen LogP contribution is 2.18. The van der Waals surface area contributed by atoms with Gasteiger partial charge in [0.25, 0.3) is 0 Å². The molecule has 0 fully saturated rings. The average Bonchev–Trinajstić information content (AvgIpc) is 2.14. The number of aromatic nitrogens is 1. The molecule has 0 unspecified atom stereocenters. The zero-order valence-corrected chi connectivity index (χ0v) is 9.60. The average molecular weight is 297 g/mol. The lowest BCUT2D eigenvalue weighted by Crippen LogP contribution is -2.28. The third-order valence-corrected chi connectivity index (χ3v) is 2.09. The van der Waals surface area contributed by atoms with Crippen LogP contribution in [0.25, 0.3) is 0 Å². The quantitative estimate of drug-likeness (QED) is 0.931. The molecule has 0 aromatic carbocycles. The van der Waals surface area contributed by atoms with E-state index >= 15 is 0 Å². The van der Waals surface area contributed by atoms with Gasteiger partial charge in [-0.05, 0) is 28.1 Å². The molecule has 0 atom stereocenters. The second kappa shape index (κ2) is 5.29. The summed E-state index contributed by atoms with van der Waals surface area (Å²) in [5.74, 6) is -1.06. The molecule has 0 saturated heterocycles. The fourth-order valence-corrected chi connectivity index (χ4v) is 1.18. The van der Waals surface area contributed by atoms with Crippen LogP contribution in [-0.2, 0) is 11.3 Å². The molecule has 0 aliphatic carbocycles. The van der Waals surface area contributed by atoms with E-state index < -0.39 is 18.5 Å². The van der Waals surface area contributed by atoms with Crippen molar-refractivity contribution in [2.45, 2.75) is 19.1 Å². The van der Waals surface area contributed by atoms with Crippen LogP contribution >= 0.6 is 15.9 Å². The molecule has 3 nitrogen and oxygen atoms in total. The highest BCUT2D eigenvalue weighted by molar-refractivity contribution is 9.10. The predicted molar refractivity (Wildman–Crippen MR) is 54.5 cm³/mol. The number of pyridine rings is 1. The molecule has 7 heteroatoms. The maximum absolute atomic E-state index is 11.8. The van der Waals surface area contributed by atoms with Crippen molar-refractivity contribution in [1.82, 2.24) is 10.3 Å². The highest BCUT2D eigenvalue weighted by Gasteiger charge is 2.30. The normalized spacial score (nSPS) is 11.2. The monoisotopic (exact) mass is 296 g/mol. The summed E-state index contributed by atoms with van der Waals surface area (Å²) in [5.41, 5.74) is 0.499. The van der Waals surface area contributed by atoms with Crippen molar-refractivity contribution in [2.24, 2.45) is 0 Å². The van der Waals surface area contributed by atoms with E-state index in [1.807, 2.05) is 0 Å². The van der Waals surface area contributed by atoms with Gasteiger partial charge in [0, 0.05) is 10.7 Å². The first kappa shape index (κ1) is 13.0. The molecule has 1 rings (SSSR count). The topological polar surface area (TPSA) is 42.0 Å². The molecule has 16 heavy (non-hydrogen) atoms. The van der Waals surface area contributed by atoms with E-state index in [0.717, 1.165) is 4.47 Å². The van der Waals surface area contributed by atoms with E-state index in [9.17, 15) is 18.0 Å². The molecular formula is C9H8BrF3N2O. The Morgan fingerprint density at radius 1 is 1.44 bits per heavy atom. The number of amides is 1. The summed E-state index contributed by atoms with van der Waals surface area (Å²) in [5, 5.41) is 2.14. The Balaban J connectivity index is 2.40. The van der Waals surface area contributed by atoms with Crippen LogP contribution in [0.3, 0.4) is 0 Å². The molecular weight excluding hydrogens is 289 g/mol. The minimum Gasteiger partial charge on any atom is -0.350 e. The smallest absolute Gasteiger partial charge is 0.350 e. The molecule has 0 bridgehead atoms. The standard InChI is InChI=1S/C9H8BrF3N2O/c10-6-1-2-7(14-4-6)5-15-8(16)3-9(11,12)13/h1-2,4H,3,5H2,(H,15,16). The molecule has 1 N–H and O–H groups in total. The Hall–Kier alpha value is -1.11. The van der Waals surface area contributed by atoms with Gasteiger partial charge in [-0.2, -0.15) is 13.2 Å². The van der Waals surface area contributed by atoms with Crippen molar-refractivity contribution >= 4 is 21.8 Å². The van der Waals surface area contributed by atoms with Gasteiger partial charge in [-0.25, -0.2) is 0 Å². The van der Waals surface area contributed by atoms with Crippen LogP contribution in [0.15, 0.2) is 22.8 Å². The molecule has 0 saturated carbocycles. The molecule has 0 aliphatic rings. The summed E-state index contributed by atoms with van der Waals surface area (Å²) in [4.78, 5) is 14.7. The molecule has 1 amide bonds. The van der Waals surface area contributed by atoms with Crippen molar-refractivity contribution in [2.75, 3.05) is 0 Å². The predicted octanol–water partition coefficient (Wildman–Crippen LogP) is 2.41. The van der Waals surface area contributed by atoms with Crippen LogP contribution in [0.5, 0.6) is 0 Å². The lowest BCUT2D eigenvalue weighted by molar-refractivity contribution is -0.153. The Labute approximate surface area is 98.2 Å². The van der Waals surface area contributed by atoms with E-state index in [2.05, 4.69) is 26.2 Å². The number of rotatable bonds is 3. The van der Waals surface area contributed by atoms with Crippen LogP contribution < -0.4 is 5.32 Å². The van der Waals surface area contributed by atoms with Crippen molar-refractivity contribution in [1.29, 1.82) is 0 Å². The second-order valence-electron chi connectivity index (χ2n) is 3.04. The Morgan fingerprint density at radius 2 is 2.12 bits per heavy atom.